The molecule has 0 fully saturated rings. The van der Waals surface area contributed by atoms with Crippen LogP contribution in [0.5, 0.6) is 0 Å². The van der Waals surface area contributed by atoms with Crippen LogP contribution in [0.1, 0.15) is 52.9 Å². The van der Waals surface area contributed by atoms with E-state index in [2.05, 4.69) is 31.9 Å². The molecule has 168 valence electrons. The van der Waals surface area contributed by atoms with Crippen LogP contribution in [0, 0.1) is 11.8 Å². The predicted octanol–water partition coefficient (Wildman–Crippen LogP) is 6.79. The minimum atomic E-state index is -0.234. The van der Waals surface area contributed by atoms with Crippen LogP contribution in [-0.2, 0) is 19.1 Å². The quantitative estimate of drug-likeness (QED) is 0.214. The van der Waals surface area contributed by atoms with Gasteiger partial charge in [0.05, 0.1) is 26.1 Å². The minimum absolute atomic E-state index is 0.0687. The molecule has 0 aliphatic carbocycles. The van der Waals surface area contributed by atoms with Gasteiger partial charge >= 0.3 is 11.9 Å². The Bertz CT molecular complexity index is 730. The molecule has 2 rings (SSSR count). The summed E-state index contributed by atoms with van der Waals surface area (Å²) in [6, 6.07) is 20.1. The molecule has 31 heavy (non-hydrogen) atoms. The van der Waals surface area contributed by atoms with Crippen molar-refractivity contribution >= 4 is 43.8 Å². The second-order valence-corrected chi connectivity index (χ2v) is 9.81. The molecule has 0 spiro atoms. The molecule has 4 unspecified atom stereocenters. The Morgan fingerprint density at radius 3 is 1.39 bits per heavy atom. The lowest BCUT2D eigenvalue weighted by molar-refractivity contribution is -0.146. The zero-order valence-corrected chi connectivity index (χ0v) is 21.2. The molecule has 0 heterocycles. The normalized spacial score (nSPS) is 14.8. The number of hydrogen-bond donors (Lipinski definition) is 0. The molecule has 0 N–H and O–H groups in total. The highest BCUT2D eigenvalue weighted by Crippen LogP contribution is 2.35. The molecular formula is C25H30Br2O4. The lowest BCUT2D eigenvalue weighted by atomic mass is 9.89. The van der Waals surface area contributed by atoms with Gasteiger partial charge in [-0.15, -0.1) is 0 Å². The van der Waals surface area contributed by atoms with Crippen molar-refractivity contribution in [3.05, 3.63) is 71.8 Å². The SMILES string of the molecule is COC(=O)C(CCCC(CC(Br)c1ccccc1)C(=O)OC)CC(Br)c1ccccc1. The number of carbonyl (C=O) groups excluding carboxylic acids is 2. The number of ether oxygens (including phenoxy) is 2. The number of halogens is 2. The van der Waals surface area contributed by atoms with Crippen LogP contribution < -0.4 is 0 Å². The Hall–Kier alpha value is -1.66. The number of benzene rings is 2. The Morgan fingerprint density at radius 2 is 1.06 bits per heavy atom. The fourth-order valence-corrected chi connectivity index (χ4v) is 5.22. The fraction of sp³-hybridized carbons (Fsp3) is 0.440. The van der Waals surface area contributed by atoms with E-state index >= 15 is 0 Å². The number of esters is 2. The van der Waals surface area contributed by atoms with Crippen molar-refractivity contribution in [2.75, 3.05) is 14.2 Å². The van der Waals surface area contributed by atoms with Crippen LogP contribution in [0.3, 0.4) is 0 Å². The van der Waals surface area contributed by atoms with Gasteiger partial charge in [0.15, 0.2) is 0 Å². The molecule has 0 saturated carbocycles. The Morgan fingerprint density at radius 1 is 0.710 bits per heavy atom. The average Bonchev–Trinajstić information content (AvgIpc) is 2.82. The summed E-state index contributed by atoms with van der Waals surface area (Å²) >= 11 is 7.42. The van der Waals surface area contributed by atoms with Gasteiger partial charge in [-0.3, -0.25) is 9.59 Å². The summed E-state index contributed by atoms with van der Waals surface area (Å²) in [5.74, 6) is -0.890. The smallest absolute Gasteiger partial charge is 0.308 e. The first kappa shape index (κ1) is 25.6. The van der Waals surface area contributed by atoms with E-state index in [0.717, 1.165) is 17.5 Å². The number of hydrogen-bond acceptors (Lipinski definition) is 4. The van der Waals surface area contributed by atoms with E-state index in [1.807, 2.05) is 60.7 Å². The van der Waals surface area contributed by atoms with E-state index in [-0.39, 0.29) is 33.4 Å². The van der Waals surface area contributed by atoms with E-state index in [4.69, 9.17) is 9.47 Å². The molecule has 0 aromatic heterocycles. The van der Waals surface area contributed by atoms with Gasteiger partial charge in [-0.05, 0) is 36.8 Å². The van der Waals surface area contributed by atoms with Gasteiger partial charge in [0.2, 0.25) is 0 Å². The third-order valence-corrected chi connectivity index (χ3v) is 7.28. The molecule has 4 nitrogen and oxygen atoms in total. The number of methoxy groups -OCH3 is 2. The summed E-state index contributed by atoms with van der Waals surface area (Å²) in [5.41, 5.74) is 2.27. The van der Waals surface area contributed by atoms with E-state index in [0.29, 0.717) is 25.7 Å². The monoisotopic (exact) mass is 552 g/mol. The molecule has 0 radical (unpaired) electrons. The lowest BCUT2D eigenvalue weighted by Gasteiger charge is -2.21. The molecule has 0 saturated heterocycles. The van der Waals surface area contributed by atoms with Gasteiger partial charge in [-0.1, -0.05) is 98.9 Å². The zero-order valence-electron chi connectivity index (χ0n) is 18.0. The highest BCUT2D eigenvalue weighted by Gasteiger charge is 2.27. The largest absolute Gasteiger partial charge is 0.469 e. The van der Waals surface area contributed by atoms with Crippen molar-refractivity contribution in [3.63, 3.8) is 0 Å². The van der Waals surface area contributed by atoms with Crippen molar-refractivity contribution < 1.29 is 19.1 Å². The second kappa shape index (κ2) is 13.7. The fourth-order valence-electron chi connectivity index (χ4n) is 3.70. The van der Waals surface area contributed by atoms with Crippen LogP contribution >= 0.6 is 31.9 Å². The van der Waals surface area contributed by atoms with Crippen molar-refractivity contribution in [1.29, 1.82) is 0 Å². The molecule has 0 bridgehead atoms. The maximum atomic E-state index is 12.4. The third-order valence-electron chi connectivity index (χ3n) is 5.48. The molecule has 0 aliphatic heterocycles. The summed E-state index contributed by atoms with van der Waals surface area (Å²) < 4.78 is 10.1. The first-order valence-corrected chi connectivity index (χ1v) is 12.3. The molecule has 2 aromatic rings. The first-order valence-electron chi connectivity index (χ1n) is 10.5. The molecule has 0 amide bonds. The van der Waals surface area contributed by atoms with Crippen molar-refractivity contribution in [3.8, 4) is 0 Å². The zero-order chi connectivity index (χ0) is 22.6. The van der Waals surface area contributed by atoms with Gasteiger partial charge < -0.3 is 9.47 Å². The number of alkyl halides is 2. The molecular weight excluding hydrogens is 524 g/mol. The summed E-state index contributed by atoms with van der Waals surface area (Å²) in [4.78, 5) is 24.9. The van der Waals surface area contributed by atoms with Crippen molar-refractivity contribution in [2.45, 2.75) is 41.8 Å². The topological polar surface area (TPSA) is 52.6 Å². The summed E-state index contributed by atoms with van der Waals surface area (Å²) in [6.45, 7) is 0. The molecule has 6 heteroatoms. The minimum Gasteiger partial charge on any atom is -0.469 e. The summed E-state index contributed by atoms with van der Waals surface area (Å²) in [5, 5.41) is 0. The van der Waals surface area contributed by atoms with Crippen LogP contribution in [0.2, 0.25) is 0 Å². The van der Waals surface area contributed by atoms with Crippen molar-refractivity contribution in [1.82, 2.24) is 0 Å². The summed E-state index contributed by atoms with van der Waals surface area (Å²) in [6.07, 6.45) is 3.35. The van der Waals surface area contributed by atoms with Crippen LogP contribution in [0.4, 0.5) is 0 Å². The van der Waals surface area contributed by atoms with Gasteiger partial charge in [0.25, 0.3) is 0 Å². The number of rotatable bonds is 12. The first-order chi connectivity index (χ1) is 15.0. The van der Waals surface area contributed by atoms with Crippen molar-refractivity contribution in [2.24, 2.45) is 11.8 Å². The van der Waals surface area contributed by atoms with Gasteiger partial charge in [0.1, 0.15) is 0 Å². The number of carbonyl (C=O) groups is 2. The van der Waals surface area contributed by atoms with E-state index < -0.39 is 0 Å². The maximum absolute atomic E-state index is 12.4. The lowest BCUT2D eigenvalue weighted by Crippen LogP contribution is -2.21. The summed E-state index contributed by atoms with van der Waals surface area (Å²) in [7, 11) is 2.85. The van der Waals surface area contributed by atoms with Crippen LogP contribution in [0.25, 0.3) is 0 Å². The van der Waals surface area contributed by atoms with Crippen LogP contribution in [-0.4, -0.2) is 26.2 Å². The van der Waals surface area contributed by atoms with Gasteiger partial charge in [-0.25, -0.2) is 0 Å². The van der Waals surface area contributed by atoms with Gasteiger partial charge in [0, 0.05) is 9.65 Å². The Kier molecular flexibility index (Phi) is 11.3. The molecule has 0 aliphatic rings. The van der Waals surface area contributed by atoms with E-state index in [1.54, 1.807) is 0 Å². The standard InChI is InChI=1S/C25H30Br2O4/c1-30-24(28)20(16-22(26)18-10-5-3-6-11-18)14-9-15-21(25(29)31-2)17-23(27)19-12-7-4-8-13-19/h3-8,10-13,20-23H,9,14-17H2,1-2H3. The van der Waals surface area contributed by atoms with E-state index in [1.165, 1.54) is 14.2 Å². The highest BCUT2D eigenvalue weighted by molar-refractivity contribution is 9.09. The maximum Gasteiger partial charge on any atom is 0.308 e. The highest BCUT2D eigenvalue weighted by atomic mass is 79.9. The Balaban J connectivity index is 1.96. The van der Waals surface area contributed by atoms with Gasteiger partial charge in [-0.2, -0.15) is 0 Å². The predicted molar refractivity (Wildman–Crippen MR) is 130 cm³/mol. The van der Waals surface area contributed by atoms with E-state index in [9.17, 15) is 9.59 Å². The molecule has 2 aromatic carbocycles. The Labute approximate surface area is 202 Å². The third kappa shape index (κ3) is 8.41. The second-order valence-electron chi connectivity index (χ2n) is 7.60. The average molecular weight is 554 g/mol. The van der Waals surface area contributed by atoms with Crippen LogP contribution in [0.15, 0.2) is 60.7 Å². The molecule has 4 atom stereocenters.